The number of fused-ring (bicyclic) bond motifs is 1. The number of nitrogens with zero attached hydrogens (tertiary/aromatic N) is 1. The summed E-state index contributed by atoms with van der Waals surface area (Å²) in [7, 11) is 0. The highest BCUT2D eigenvalue weighted by Crippen LogP contribution is 2.30. The van der Waals surface area contributed by atoms with Crippen molar-refractivity contribution in [1.29, 1.82) is 0 Å². The number of hydrogen-bond donors (Lipinski definition) is 2. The number of benzene rings is 3. The fraction of sp³-hybridized carbons (Fsp3) is 0.231. The van der Waals surface area contributed by atoms with Crippen LogP contribution in [-0.4, -0.2) is 18.0 Å². The minimum absolute atomic E-state index is 0.115. The summed E-state index contributed by atoms with van der Waals surface area (Å²) in [5, 5.41) is 2.93. The number of amides is 2. The summed E-state index contributed by atoms with van der Waals surface area (Å²) in [5.41, 5.74) is 12.0. The predicted octanol–water partition coefficient (Wildman–Crippen LogP) is 4.82. The van der Waals surface area contributed by atoms with Crippen LogP contribution in [0.25, 0.3) is 0 Å². The van der Waals surface area contributed by atoms with Gasteiger partial charge >= 0.3 is 0 Å². The highest BCUT2D eigenvalue weighted by molar-refractivity contribution is 6.09. The maximum atomic E-state index is 13.5. The first-order valence-corrected chi connectivity index (χ1v) is 10.6. The van der Waals surface area contributed by atoms with E-state index in [2.05, 4.69) is 11.4 Å². The van der Waals surface area contributed by atoms with Gasteiger partial charge in [-0.25, -0.2) is 0 Å². The van der Waals surface area contributed by atoms with E-state index in [0.29, 0.717) is 16.8 Å². The number of para-hydroxylation sites is 1. The van der Waals surface area contributed by atoms with Crippen LogP contribution in [-0.2, 0) is 6.42 Å². The van der Waals surface area contributed by atoms with Gasteiger partial charge < -0.3 is 11.1 Å². The molecule has 0 aliphatic carbocycles. The van der Waals surface area contributed by atoms with Crippen LogP contribution in [0.4, 0.5) is 11.4 Å². The van der Waals surface area contributed by atoms with Crippen molar-refractivity contribution < 1.29 is 9.59 Å². The number of carbonyl (C=O) groups excluding carboxylic acids is 2. The van der Waals surface area contributed by atoms with Gasteiger partial charge in [-0.3, -0.25) is 14.5 Å². The van der Waals surface area contributed by atoms with Gasteiger partial charge in [0.2, 0.25) is 0 Å². The molecule has 1 aliphatic heterocycles. The maximum absolute atomic E-state index is 13.5. The molecular formula is C26H27N3O2. The molecule has 1 aliphatic rings. The molecule has 0 aromatic heterocycles. The molecule has 0 radical (unpaired) electrons. The largest absolute Gasteiger partial charge is 0.322 e. The number of hydrogen-bond acceptors (Lipinski definition) is 3. The van der Waals surface area contributed by atoms with E-state index in [4.69, 9.17) is 5.73 Å². The molecule has 31 heavy (non-hydrogen) atoms. The third-order valence-electron chi connectivity index (χ3n) is 5.85. The first-order chi connectivity index (χ1) is 15.0. The molecule has 3 aromatic carbocycles. The van der Waals surface area contributed by atoms with Crippen LogP contribution < -0.4 is 16.0 Å². The molecule has 5 heteroatoms. The van der Waals surface area contributed by atoms with Crippen LogP contribution in [0.2, 0.25) is 0 Å². The van der Waals surface area contributed by atoms with E-state index >= 15 is 0 Å². The van der Waals surface area contributed by atoms with E-state index in [1.54, 1.807) is 23.1 Å². The van der Waals surface area contributed by atoms with E-state index in [9.17, 15) is 9.59 Å². The van der Waals surface area contributed by atoms with E-state index in [1.165, 1.54) is 0 Å². The van der Waals surface area contributed by atoms with Gasteiger partial charge in [-0.15, -0.1) is 0 Å². The summed E-state index contributed by atoms with van der Waals surface area (Å²) in [6, 6.07) is 20.8. The topological polar surface area (TPSA) is 75.4 Å². The fourth-order valence-electron chi connectivity index (χ4n) is 4.16. The average molecular weight is 414 g/mol. The zero-order chi connectivity index (χ0) is 22.0. The Bertz CT molecular complexity index is 1140. The lowest BCUT2D eigenvalue weighted by molar-refractivity contribution is 0.0975. The van der Waals surface area contributed by atoms with Crippen LogP contribution in [0.5, 0.6) is 0 Å². The lowest BCUT2D eigenvalue weighted by Gasteiger charge is -2.29. The number of nitrogens with one attached hydrogen (secondary N) is 1. The van der Waals surface area contributed by atoms with Crippen molar-refractivity contribution in [3.8, 4) is 0 Å². The van der Waals surface area contributed by atoms with E-state index in [-0.39, 0.29) is 18.0 Å². The van der Waals surface area contributed by atoms with Crippen molar-refractivity contribution in [1.82, 2.24) is 0 Å². The van der Waals surface area contributed by atoms with Crippen molar-refractivity contribution >= 4 is 23.2 Å². The van der Waals surface area contributed by atoms with E-state index in [0.717, 1.165) is 41.6 Å². The van der Waals surface area contributed by atoms with Gasteiger partial charge in [0.1, 0.15) is 0 Å². The molecule has 158 valence electrons. The van der Waals surface area contributed by atoms with E-state index in [1.807, 2.05) is 56.3 Å². The molecule has 2 amide bonds. The normalized spacial score (nSPS) is 15.7. The molecule has 1 heterocycles. The van der Waals surface area contributed by atoms with Crippen molar-refractivity contribution in [2.24, 2.45) is 5.73 Å². The maximum Gasteiger partial charge on any atom is 0.259 e. The van der Waals surface area contributed by atoms with Gasteiger partial charge in [-0.1, -0.05) is 36.4 Å². The van der Waals surface area contributed by atoms with Gasteiger partial charge in [0.25, 0.3) is 11.8 Å². The van der Waals surface area contributed by atoms with Crippen molar-refractivity contribution in [3.05, 3.63) is 94.5 Å². The average Bonchev–Trinajstić information content (AvgIpc) is 2.91. The molecule has 1 atom stereocenters. The lowest BCUT2D eigenvalue weighted by Crippen LogP contribution is -2.46. The summed E-state index contributed by atoms with van der Waals surface area (Å²) >= 11 is 0. The number of anilines is 2. The Balaban J connectivity index is 1.60. The summed E-state index contributed by atoms with van der Waals surface area (Å²) in [4.78, 5) is 27.9. The van der Waals surface area contributed by atoms with Gasteiger partial charge in [-0.05, 0) is 80.1 Å². The molecular weight excluding hydrogens is 386 g/mol. The number of rotatable bonds is 3. The first-order valence-electron chi connectivity index (χ1n) is 10.6. The third kappa shape index (κ3) is 4.23. The smallest absolute Gasteiger partial charge is 0.259 e. The molecule has 5 nitrogen and oxygen atoms in total. The van der Waals surface area contributed by atoms with Crippen LogP contribution in [0.1, 0.15) is 50.2 Å². The fourth-order valence-corrected chi connectivity index (χ4v) is 4.16. The minimum Gasteiger partial charge on any atom is -0.322 e. The molecule has 3 aromatic rings. The molecule has 0 saturated carbocycles. The number of carbonyl (C=O) groups is 2. The summed E-state index contributed by atoms with van der Waals surface area (Å²) in [6.45, 7) is 3.79. The molecule has 0 bridgehead atoms. The van der Waals surface area contributed by atoms with Crippen molar-refractivity contribution in [3.63, 3.8) is 0 Å². The highest BCUT2D eigenvalue weighted by atomic mass is 16.2. The quantitative estimate of drug-likeness (QED) is 0.646. The van der Waals surface area contributed by atoms with Crippen LogP contribution in [0.15, 0.2) is 66.7 Å². The Morgan fingerprint density at radius 2 is 1.68 bits per heavy atom. The Hall–Kier alpha value is -3.44. The van der Waals surface area contributed by atoms with Gasteiger partial charge in [-0.2, -0.15) is 0 Å². The Kier molecular flexibility index (Phi) is 5.87. The Morgan fingerprint density at radius 3 is 2.45 bits per heavy atom. The van der Waals surface area contributed by atoms with Gasteiger partial charge in [0.05, 0.1) is 6.17 Å². The van der Waals surface area contributed by atoms with Crippen molar-refractivity contribution in [2.75, 3.05) is 10.2 Å². The zero-order valence-electron chi connectivity index (χ0n) is 17.9. The minimum atomic E-state index is -0.365. The first kappa shape index (κ1) is 20.8. The van der Waals surface area contributed by atoms with Crippen LogP contribution in [0.3, 0.4) is 0 Å². The molecule has 1 unspecified atom stereocenters. The number of aryl methyl sites for hydroxylation is 3. The number of nitrogens with two attached hydrogens (primary N) is 1. The van der Waals surface area contributed by atoms with Crippen molar-refractivity contribution in [2.45, 2.75) is 39.3 Å². The second kappa shape index (κ2) is 8.74. The molecule has 0 saturated heterocycles. The second-order valence-corrected chi connectivity index (χ2v) is 8.06. The monoisotopic (exact) mass is 413 g/mol. The van der Waals surface area contributed by atoms with Crippen LogP contribution >= 0.6 is 0 Å². The Morgan fingerprint density at radius 1 is 0.935 bits per heavy atom. The summed E-state index contributed by atoms with van der Waals surface area (Å²) in [6.07, 6.45) is 2.25. The molecule has 4 rings (SSSR count). The zero-order valence-corrected chi connectivity index (χ0v) is 17.9. The SMILES string of the molecule is Cc1ccccc1C(=O)Nc1ccc(C(=O)N2c3ccccc3CCCC2N)c(C)c1. The highest BCUT2D eigenvalue weighted by Gasteiger charge is 2.28. The molecule has 0 fully saturated rings. The lowest BCUT2D eigenvalue weighted by atomic mass is 10.0. The van der Waals surface area contributed by atoms with Gasteiger partial charge in [0, 0.05) is 22.5 Å². The van der Waals surface area contributed by atoms with Gasteiger partial charge in [0.15, 0.2) is 0 Å². The summed E-state index contributed by atoms with van der Waals surface area (Å²) < 4.78 is 0. The standard InChI is InChI=1S/C26H27N3O2/c1-17-8-3-5-11-21(17)25(30)28-20-14-15-22(18(2)16-20)26(31)29-23-12-6-4-9-19(23)10-7-13-24(29)27/h3-6,8-9,11-12,14-16,24H,7,10,13,27H2,1-2H3,(H,28,30). The second-order valence-electron chi connectivity index (χ2n) is 8.06. The summed E-state index contributed by atoms with van der Waals surface area (Å²) in [5.74, 6) is -0.281. The predicted molar refractivity (Wildman–Crippen MR) is 124 cm³/mol. The van der Waals surface area contributed by atoms with E-state index < -0.39 is 0 Å². The third-order valence-corrected chi connectivity index (χ3v) is 5.85. The van der Waals surface area contributed by atoms with Crippen LogP contribution in [0, 0.1) is 13.8 Å². The Labute approximate surface area is 182 Å². The molecule has 0 spiro atoms. The molecule has 3 N–H and O–H groups in total.